The zero-order valence-electron chi connectivity index (χ0n) is 14.4. The summed E-state index contributed by atoms with van der Waals surface area (Å²) in [4.78, 5) is 29.0. The summed E-state index contributed by atoms with van der Waals surface area (Å²) in [6.07, 6.45) is 0.772. The number of carbonyl (C=O) groups excluding carboxylic acids is 2. The van der Waals surface area contributed by atoms with Crippen molar-refractivity contribution in [3.8, 4) is 5.75 Å². The Morgan fingerprint density at radius 1 is 0.800 bits per heavy atom. The predicted molar refractivity (Wildman–Crippen MR) is 95.9 cm³/mol. The summed E-state index contributed by atoms with van der Waals surface area (Å²) < 4.78 is 5.19. The third kappa shape index (κ3) is 3.99. The Hall–Kier alpha value is -2.82. The molecule has 5 nitrogen and oxygen atoms in total. The molecule has 0 unspecified atom stereocenters. The lowest BCUT2D eigenvalue weighted by atomic mass is 10.2. The van der Waals surface area contributed by atoms with Crippen LogP contribution in [0, 0.1) is 0 Å². The summed E-state index contributed by atoms with van der Waals surface area (Å²) in [5.74, 6) is 0.672. The fourth-order valence-electron chi connectivity index (χ4n) is 3.03. The average Bonchev–Trinajstić information content (AvgIpc) is 2.94. The van der Waals surface area contributed by atoms with E-state index in [1.165, 1.54) is 0 Å². The predicted octanol–water partition coefficient (Wildman–Crippen LogP) is 2.68. The molecule has 0 atom stereocenters. The Bertz CT molecular complexity index is 746. The van der Waals surface area contributed by atoms with E-state index >= 15 is 0 Å². The highest BCUT2D eigenvalue weighted by atomic mass is 16.5. The van der Waals surface area contributed by atoms with Gasteiger partial charge >= 0.3 is 0 Å². The van der Waals surface area contributed by atoms with Gasteiger partial charge in [0.25, 0.3) is 11.8 Å². The number of hydrogen-bond donors (Lipinski definition) is 0. The third-order valence-corrected chi connectivity index (χ3v) is 4.41. The van der Waals surface area contributed by atoms with Gasteiger partial charge in [-0.1, -0.05) is 24.3 Å². The molecule has 2 aromatic carbocycles. The van der Waals surface area contributed by atoms with E-state index in [-0.39, 0.29) is 11.8 Å². The van der Waals surface area contributed by atoms with Crippen LogP contribution in [0.25, 0.3) is 0 Å². The van der Waals surface area contributed by atoms with Crippen LogP contribution in [-0.4, -0.2) is 54.9 Å². The Balaban J connectivity index is 1.67. The van der Waals surface area contributed by atoms with E-state index in [0.29, 0.717) is 43.1 Å². The van der Waals surface area contributed by atoms with Crippen molar-refractivity contribution in [1.29, 1.82) is 0 Å². The molecule has 1 saturated heterocycles. The van der Waals surface area contributed by atoms with Crippen LogP contribution in [0.4, 0.5) is 0 Å². The summed E-state index contributed by atoms with van der Waals surface area (Å²) in [7, 11) is 1.59. The second-order valence-electron chi connectivity index (χ2n) is 6.04. The lowest BCUT2D eigenvalue weighted by Crippen LogP contribution is -2.37. The molecule has 5 heteroatoms. The van der Waals surface area contributed by atoms with Gasteiger partial charge in [-0.3, -0.25) is 9.59 Å². The normalized spacial score (nSPS) is 14.8. The Labute approximate surface area is 147 Å². The van der Waals surface area contributed by atoms with Gasteiger partial charge in [0.05, 0.1) is 7.11 Å². The molecule has 0 N–H and O–H groups in total. The first-order chi connectivity index (χ1) is 12.2. The second kappa shape index (κ2) is 7.83. The Kier molecular flexibility index (Phi) is 5.33. The first kappa shape index (κ1) is 17.0. The maximum atomic E-state index is 12.7. The van der Waals surface area contributed by atoms with Crippen LogP contribution in [0.3, 0.4) is 0 Å². The summed E-state index contributed by atoms with van der Waals surface area (Å²) in [6, 6.07) is 16.5. The highest BCUT2D eigenvalue weighted by molar-refractivity contribution is 5.95. The van der Waals surface area contributed by atoms with Crippen LogP contribution in [-0.2, 0) is 0 Å². The first-order valence-electron chi connectivity index (χ1n) is 8.46. The molecular formula is C20H22N2O3. The highest BCUT2D eigenvalue weighted by Crippen LogP contribution is 2.16. The Morgan fingerprint density at radius 3 is 2.04 bits per heavy atom. The zero-order valence-corrected chi connectivity index (χ0v) is 14.4. The summed E-state index contributed by atoms with van der Waals surface area (Å²) in [6.45, 7) is 2.39. The summed E-state index contributed by atoms with van der Waals surface area (Å²) in [5.41, 5.74) is 1.30. The van der Waals surface area contributed by atoms with Crippen molar-refractivity contribution in [2.24, 2.45) is 0 Å². The summed E-state index contributed by atoms with van der Waals surface area (Å²) >= 11 is 0. The van der Waals surface area contributed by atoms with Gasteiger partial charge in [0.1, 0.15) is 5.75 Å². The van der Waals surface area contributed by atoms with Crippen molar-refractivity contribution >= 4 is 11.8 Å². The molecule has 3 rings (SSSR count). The van der Waals surface area contributed by atoms with Crippen molar-refractivity contribution < 1.29 is 14.3 Å². The first-order valence-corrected chi connectivity index (χ1v) is 8.46. The molecule has 2 aromatic rings. The van der Waals surface area contributed by atoms with Gasteiger partial charge in [0.15, 0.2) is 0 Å². The second-order valence-corrected chi connectivity index (χ2v) is 6.04. The maximum Gasteiger partial charge on any atom is 0.254 e. The van der Waals surface area contributed by atoms with Crippen LogP contribution in [0.5, 0.6) is 5.75 Å². The molecule has 0 bridgehead atoms. The molecule has 130 valence electrons. The van der Waals surface area contributed by atoms with Gasteiger partial charge in [-0.25, -0.2) is 0 Å². The van der Waals surface area contributed by atoms with Crippen molar-refractivity contribution in [1.82, 2.24) is 9.80 Å². The number of methoxy groups -OCH3 is 1. The maximum absolute atomic E-state index is 12.7. The smallest absolute Gasteiger partial charge is 0.254 e. The van der Waals surface area contributed by atoms with Crippen LogP contribution in [0.1, 0.15) is 27.1 Å². The molecule has 1 aliphatic heterocycles. The van der Waals surface area contributed by atoms with Crippen molar-refractivity contribution in [3.63, 3.8) is 0 Å². The van der Waals surface area contributed by atoms with E-state index in [9.17, 15) is 9.59 Å². The van der Waals surface area contributed by atoms with E-state index in [2.05, 4.69) is 0 Å². The number of amides is 2. The quantitative estimate of drug-likeness (QED) is 0.864. The molecule has 0 spiro atoms. The molecule has 2 amide bonds. The topological polar surface area (TPSA) is 49.9 Å². The van der Waals surface area contributed by atoms with Crippen LogP contribution >= 0.6 is 0 Å². The van der Waals surface area contributed by atoms with Crippen molar-refractivity contribution in [2.75, 3.05) is 33.3 Å². The van der Waals surface area contributed by atoms with Gasteiger partial charge in [-0.2, -0.15) is 0 Å². The molecule has 1 aliphatic rings. The summed E-state index contributed by atoms with van der Waals surface area (Å²) in [5, 5.41) is 0. The minimum Gasteiger partial charge on any atom is -0.497 e. The van der Waals surface area contributed by atoms with E-state index in [4.69, 9.17) is 4.74 Å². The van der Waals surface area contributed by atoms with E-state index in [1.54, 1.807) is 19.2 Å². The number of benzene rings is 2. The van der Waals surface area contributed by atoms with Gasteiger partial charge in [0, 0.05) is 37.3 Å². The average molecular weight is 338 g/mol. The molecule has 0 radical (unpaired) electrons. The van der Waals surface area contributed by atoms with E-state index in [1.807, 2.05) is 52.3 Å². The SMILES string of the molecule is COc1cccc(C(=O)N2CCCN(C(=O)c3ccccc3)CC2)c1. The number of nitrogens with zero attached hydrogens (tertiary/aromatic N) is 2. The number of ether oxygens (including phenoxy) is 1. The molecule has 1 fully saturated rings. The van der Waals surface area contributed by atoms with E-state index < -0.39 is 0 Å². The molecule has 1 heterocycles. The molecule has 0 saturated carbocycles. The van der Waals surface area contributed by atoms with Gasteiger partial charge < -0.3 is 14.5 Å². The molecule has 25 heavy (non-hydrogen) atoms. The minimum atomic E-state index is -0.0205. The fourth-order valence-corrected chi connectivity index (χ4v) is 3.03. The lowest BCUT2D eigenvalue weighted by Gasteiger charge is -2.22. The Morgan fingerprint density at radius 2 is 1.40 bits per heavy atom. The van der Waals surface area contributed by atoms with E-state index in [0.717, 1.165) is 6.42 Å². The monoisotopic (exact) mass is 338 g/mol. The third-order valence-electron chi connectivity index (χ3n) is 4.41. The van der Waals surface area contributed by atoms with Crippen LogP contribution in [0.15, 0.2) is 54.6 Å². The standard InChI is InChI=1S/C20H22N2O3/c1-25-18-10-5-9-17(15-18)20(24)22-12-6-11-21(13-14-22)19(23)16-7-3-2-4-8-16/h2-5,7-10,15H,6,11-14H2,1H3. The van der Waals surface area contributed by atoms with Gasteiger partial charge in [-0.15, -0.1) is 0 Å². The van der Waals surface area contributed by atoms with Crippen molar-refractivity contribution in [2.45, 2.75) is 6.42 Å². The number of rotatable bonds is 3. The number of carbonyl (C=O) groups is 2. The highest BCUT2D eigenvalue weighted by Gasteiger charge is 2.23. The molecule has 0 aromatic heterocycles. The number of hydrogen-bond acceptors (Lipinski definition) is 3. The van der Waals surface area contributed by atoms with Gasteiger partial charge in [0.2, 0.25) is 0 Å². The van der Waals surface area contributed by atoms with Crippen molar-refractivity contribution in [3.05, 3.63) is 65.7 Å². The lowest BCUT2D eigenvalue weighted by molar-refractivity contribution is 0.0718. The van der Waals surface area contributed by atoms with Crippen LogP contribution in [0.2, 0.25) is 0 Å². The van der Waals surface area contributed by atoms with Crippen LogP contribution < -0.4 is 4.74 Å². The minimum absolute atomic E-state index is 0.0205. The largest absolute Gasteiger partial charge is 0.497 e. The zero-order chi connectivity index (χ0) is 17.6. The molecule has 0 aliphatic carbocycles. The molecular weight excluding hydrogens is 316 g/mol. The van der Waals surface area contributed by atoms with Gasteiger partial charge in [-0.05, 0) is 36.8 Å². The fraction of sp³-hybridized carbons (Fsp3) is 0.300.